The molecule has 2 nitrogen and oxygen atoms in total. The molecule has 0 radical (unpaired) electrons. The van der Waals surface area contributed by atoms with Crippen LogP contribution in [-0.4, -0.2) is 48.3 Å². The highest BCUT2D eigenvalue weighted by molar-refractivity contribution is 7.99. The monoisotopic (exact) mass is 340 g/mol. The lowest BCUT2D eigenvalue weighted by Gasteiger charge is -2.25. The highest BCUT2D eigenvalue weighted by Crippen LogP contribution is 2.17. The third-order valence-corrected chi connectivity index (χ3v) is 5.59. The van der Waals surface area contributed by atoms with Crippen LogP contribution in [0, 0.1) is 0 Å². The van der Waals surface area contributed by atoms with Crippen LogP contribution < -0.4 is 0 Å². The maximum atomic E-state index is 2.61. The smallest absolute Gasteiger partial charge is 0.0234 e. The molecule has 0 aromatic heterocycles. The van der Waals surface area contributed by atoms with Gasteiger partial charge >= 0.3 is 0 Å². The molecule has 1 saturated heterocycles. The van der Waals surface area contributed by atoms with Gasteiger partial charge in [-0.1, -0.05) is 48.5 Å². The first kappa shape index (κ1) is 17.5. The Morgan fingerprint density at radius 2 is 1.50 bits per heavy atom. The normalized spacial score (nSPS) is 15.2. The summed E-state index contributed by atoms with van der Waals surface area (Å²) in [5.74, 6) is 1.15. The molecule has 0 N–H and O–H groups in total. The minimum absolute atomic E-state index is 1.06. The largest absolute Gasteiger partial charge is 0.302 e. The molecule has 3 heteroatoms. The van der Waals surface area contributed by atoms with Gasteiger partial charge in [0.2, 0.25) is 0 Å². The summed E-state index contributed by atoms with van der Waals surface area (Å²) in [6.07, 6.45) is 2.76. The molecule has 2 aromatic carbocycles. The van der Waals surface area contributed by atoms with Crippen LogP contribution in [0.5, 0.6) is 0 Å². The molecular weight excluding hydrogens is 312 g/mol. The fourth-order valence-electron chi connectivity index (χ4n) is 3.21. The molecule has 0 bridgehead atoms. The van der Waals surface area contributed by atoms with Crippen molar-refractivity contribution < 1.29 is 0 Å². The Balaban J connectivity index is 1.49. The van der Waals surface area contributed by atoms with E-state index in [1.54, 1.807) is 0 Å². The van der Waals surface area contributed by atoms with Crippen LogP contribution in [0.4, 0.5) is 0 Å². The first-order chi connectivity index (χ1) is 11.9. The van der Waals surface area contributed by atoms with E-state index in [0.29, 0.717) is 0 Å². The van der Waals surface area contributed by atoms with Gasteiger partial charge in [-0.05, 0) is 43.6 Å². The van der Waals surface area contributed by atoms with E-state index < -0.39 is 0 Å². The Kier molecular flexibility index (Phi) is 7.21. The summed E-state index contributed by atoms with van der Waals surface area (Å²) < 4.78 is 0. The zero-order valence-corrected chi connectivity index (χ0v) is 15.3. The van der Waals surface area contributed by atoms with E-state index in [1.165, 1.54) is 49.5 Å². The summed E-state index contributed by atoms with van der Waals surface area (Å²) in [5.41, 5.74) is 1.42. The first-order valence-corrected chi connectivity index (χ1v) is 10.1. The van der Waals surface area contributed by atoms with Crippen molar-refractivity contribution in [2.75, 3.05) is 38.5 Å². The minimum atomic E-state index is 1.06. The van der Waals surface area contributed by atoms with E-state index >= 15 is 0 Å². The molecule has 1 aliphatic rings. The van der Waals surface area contributed by atoms with Crippen molar-refractivity contribution in [3.8, 4) is 0 Å². The van der Waals surface area contributed by atoms with Crippen molar-refractivity contribution in [1.29, 1.82) is 0 Å². The summed E-state index contributed by atoms with van der Waals surface area (Å²) in [6.45, 7) is 7.16. The Labute approximate surface area is 150 Å². The zero-order valence-electron chi connectivity index (χ0n) is 14.4. The maximum Gasteiger partial charge on any atom is 0.0234 e. The molecule has 1 aliphatic heterocycles. The van der Waals surface area contributed by atoms with Crippen molar-refractivity contribution >= 4 is 11.8 Å². The van der Waals surface area contributed by atoms with E-state index in [4.69, 9.17) is 0 Å². The average molecular weight is 341 g/mol. The lowest BCUT2D eigenvalue weighted by atomic mass is 10.2. The number of hydrogen-bond donors (Lipinski definition) is 0. The van der Waals surface area contributed by atoms with Gasteiger partial charge < -0.3 is 4.90 Å². The van der Waals surface area contributed by atoms with E-state index in [1.807, 2.05) is 11.8 Å². The molecule has 0 atom stereocenters. The van der Waals surface area contributed by atoms with Crippen LogP contribution in [0.1, 0.15) is 18.4 Å². The van der Waals surface area contributed by atoms with Crippen LogP contribution >= 0.6 is 11.8 Å². The average Bonchev–Trinajstić information content (AvgIpc) is 3.15. The highest BCUT2D eigenvalue weighted by Gasteiger charge is 2.13. The summed E-state index contributed by atoms with van der Waals surface area (Å²) >= 11 is 1.96. The highest BCUT2D eigenvalue weighted by atomic mass is 32.2. The molecule has 0 saturated carbocycles. The first-order valence-electron chi connectivity index (χ1n) is 9.07. The third-order valence-electron chi connectivity index (χ3n) is 4.60. The van der Waals surface area contributed by atoms with Crippen LogP contribution in [-0.2, 0) is 6.54 Å². The maximum absolute atomic E-state index is 2.61. The van der Waals surface area contributed by atoms with Gasteiger partial charge in [0.05, 0.1) is 0 Å². The van der Waals surface area contributed by atoms with Crippen molar-refractivity contribution in [2.24, 2.45) is 0 Å². The number of hydrogen-bond acceptors (Lipinski definition) is 3. The number of rotatable bonds is 9. The van der Waals surface area contributed by atoms with Gasteiger partial charge in [-0.2, -0.15) is 0 Å². The Hall–Kier alpha value is -1.29. The van der Waals surface area contributed by atoms with Crippen LogP contribution in [0.3, 0.4) is 0 Å². The van der Waals surface area contributed by atoms with Gasteiger partial charge in [0.15, 0.2) is 0 Å². The second-order valence-electron chi connectivity index (χ2n) is 6.47. The van der Waals surface area contributed by atoms with Crippen LogP contribution in [0.15, 0.2) is 65.6 Å². The topological polar surface area (TPSA) is 6.48 Å². The fraction of sp³-hybridized carbons (Fsp3) is 0.429. The van der Waals surface area contributed by atoms with Crippen molar-refractivity contribution in [1.82, 2.24) is 9.80 Å². The molecule has 0 unspecified atom stereocenters. The lowest BCUT2D eigenvalue weighted by molar-refractivity contribution is 0.228. The minimum Gasteiger partial charge on any atom is -0.302 e. The summed E-state index contributed by atoms with van der Waals surface area (Å²) in [4.78, 5) is 6.60. The van der Waals surface area contributed by atoms with Crippen molar-refractivity contribution in [3.63, 3.8) is 0 Å². The third kappa shape index (κ3) is 5.97. The number of thioether (sulfide) groups is 1. The molecule has 1 fully saturated rings. The quantitative estimate of drug-likeness (QED) is 0.626. The Morgan fingerprint density at radius 1 is 0.833 bits per heavy atom. The molecule has 2 aromatic rings. The molecule has 24 heavy (non-hydrogen) atoms. The second kappa shape index (κ2) is 9.87. The van der Waals surface area contributed by atoms with Gasteiger partial charge in [0.25, 0.3) is 0 Å². The molecule has 1 heterocycles. The van der Waals surface area contributed by atoms with Crippen molar-refractivity contribution in [3.05, 3.63) is 66.2 Å². The summed E-state index contributed by atoms with van der Waals surface area (Å²) in [5, 5.41) is 0. The van der Waals surface area contributed by atoms with Gasteiger partial charge in [0, 0.05) is 36.8 Å². The summed E-state index contributed by atoms with van der Waals surface area (Å²) in [7, 11) is 0. The zero-order chi connectivity index (χ0) is 16.5. The van der Waals surface area contributed by atoms with Crippen molar-refractivity contribution in [2.45, 2.75) is 24.3 Å². The Morgan fingerprint density at radius 3 is 2.21 bits per heavy atom. The second-order valence-corrected chi connectivity index (χ2v) is 7.64. The lowest BCUT2D eigenvalue weighted by Crippen LogP contribution is -2.34. The predicted molar refractivity (Wildman–Crippen MR) is 105 cm³/mol. The van der Waals surface area contributed by atoms with Gasteiger partial charge in [-0.3, -0.25) is 4.90 Å². The fourth-order valence-corrected chi connectivity index (χ4v) is 4.14. The summed E-state index contributed by atoms with van der Waals surface area (Å²) in [6, 6.07) is 21.6. The molecule has 0 spiro atoms. The van der Waals surface area contributed by atoms with Crippen LogP contribution in [0.2, 0.25) is 0 Å². The van der Waals surface area contributed by atoms with Gasteiger partial charge in [-0.15, -0.1) is 11.8 Å². The molecule has 0 amide bonds. The Bertz CT molecular complexity index is 567. The number of likely N-dealkylation sites (tertiary alicyclic amines) is 1. The van der Waals surface area contributed by atoms with E-state index in [-0.39, 0.29) is 0 Å². The number of nitrogens with zero attached hydrogens (tertiary/aromatic N) is 2. The van der Waals surface area contributed by atoms with E-state index in [0.717, 1.165) is 18.8 Å². The van der Waals surface area contributed by atoms with Crippen LogP contribution in [0.25, 0.3) is 0 Å². The van der Waals surface area contributed by atoms with Gasteiger partial charge in [-0.25, -0.2) is 0 Å². The molecule has 128 valence electrons. The number of benzene rings is 2. The standard InChI is InChI=1S/C21H28N2S/c1-3-9-20(10-4-1)19-23(16-15-22-13-7-8-14-22)17-18-24-21-11-5-2-6-12-21/h1-6,9-12H,7-8,13-19H2. The van der Waals surface area contributed by atoms with E-state index in [2.05, 4.69) is 70.5 Å². The van der Waals surface area contributed by atoms with Gasteiger partial charge in [0.1, 0.15) is 0 Å². The SMILES string of the molecule is c1ccc(CN(CCSc2ccccc2)CCN2CCCC2)cc1. The predicted octanol–water partition coefficient (Wildman–Crippen LogP) is 4.38. The molecule has 3 rings (SSSR count). The molecule has 0 aliphatic carbocycles. The van der Waals surface area contributed by atoms with E-state index in [9.17, 15) is 0 Å². The molecular formula is C21H28N2S.